The molecule has 0 saturated carbocycles. The number of thioether (sulfide) groups is 1. The Balaban J connectivity index is 1.65. The lowest BCUT2D eigenvalue weighted by molar-refractivity contribution is -0.119. The number of amides is 1. The molecule has 0 bridgehead atoms. The van der Waals surface area contributed by atoms with E-state index in [-0.39, 0.29) is 11.9 Å². The van der Waals surface area contributed by atoms with Gasteiger partial charge in [0, 0.05) is 5.75 Å². The third kappa shape index (κ3) is 6.37. The number of aryl methyl sites for hydroxylation is 1. The van der Waals surface area contributed by atoms with E-state index in [0.717, 1.165) is 17.1 Å². The molecule has 0 saturated heterocycles. The number of para-hydroxylation sites is 1. The van der Waals surface area contributed by atoms with E-state index < -0.39 is 0 Å². The molecule has 1 amide bonds. The summed E-state index contributed by atoms with van der Waals surface area (Å²) in [5, 5.41) is 2.97. The average Bonchev–Trinajstić information content (AvgIpc) is 2.55. The lowest BCUT2D eigenvalue weighted by Crippen LogP contribution is -2.37. The van der Waals surface area contributed by atoms with Crippen LogP contribution in [-0.2, 0) is 10.5 Å². The van der Waals surface area contributed by atoms with E-state index in [2.05, 4.69) is 17.4 Å². The molecule has 1 N–H and O–H groups in total. The van der Waals surface area contributed by atoms with Crippen molar-refractivity contribution >= 4 is 17.7 Å². The largest absolute Gasteiger partial charge is 0.491 e. The average molecular weight is 329 g/mol. The summed E-state index contributed by atoms with van der Waals surface area (Å²) in [6.07, 6.45) is 0. The maximum absolute atomic E-state index is 11.9. The van der Waals surface area contributed by atoms with Gasteiger partial charge in [0.05, 0.1) is 11.8 Å². The Morgan fingerprint density at radius 3 is 2.57 bits per heavy atom. The van der Waals surface area contributed by atoms with Crippen molar-refractivity contribution in [2.24, 2.45) is 0 Å². The maximum Gasteiger partial charge on any atom is 0.230 e. The molecule has 122 valence electrons. The Morgan fingerprint density at radius 1 is 1.13 bits per heavy atom. The standard InChI is InChI=1S/C19H23NO2S/c1-15-8-6-7-11-18(15)22-12-16(2)20-19(21)14-23-13-17-9-4-3-5-10-17/h3-11,16H,12-14H2,1-2H3,(H,20,21)/t16-/m1/s1. The molecule has 2 rings (SSSR count). The van der Waals surface area contributed by atoms with Crippen LogP contribution in [0.5, 0.6) is 5.75 Å². The molecule has 2 aromatic carbocycles. The molecule has 0 unspecified atom stereocenters. The van der Waals surface area contributed by atoms with Gasteiger partial charge < -0.3 is 10.1 Å². The molecule has 2 aromatic rings. The molecular weight excluding hydrogens is 306 g/mol. The Labute approximate surface area is 142 Å². The lowest BCUT2D eigenvalue weighted by Gasteiger charge is -2.16. The van der Waals surface area contributed by atoms with Crippen LogP contribution < -0.4 is 10.1 Å². The number of hydrogen-bond acceptors (Lipinski definition) is 3. The van der Waals surface area contributed by atoms with Crippen LogP contribution >= 0.6 is 11.8 Å². The minimum absolute atomic E-state index is 0.0144. The van der Waals surface area contributed by atoms with Crippen LogP contribution in [0, 0.1) is 6.92 Å². The van der Waals surface area contributed by atoms with Gasteiger partial charge in [-0.25, -0.2) is 0 Å². The highest BCUT2D eigenvalue weighted by atomic mass is 32.2. The van der Waals surface area contributed by atoms with Gasteiger partial charge in [-0.05, 0) is 31.0 Å². The summed E-state index contributed by atoms with van der Waals surface area (Å²) < 4.78 is 5.75. The first-order valence-corrected chi connectivity index (χ1v) is 8.90. The molecule has 0 radical (unpaired) electrons. The van der Waals surface area contributed by atoms with Crippen molar-refractivity contribution in [3.63, 3.8) is 0 Å². The van der Waals surface area contributed by atoms with E-state index in [1.165, 1.54) is 5.56 Å². The van der Waals surface area contributed by atoms with Crippen LogP contribution in [0.1, 0.15) is 18.1 Å². The number of rotatable bonds is 8. The fourth-order valence-electron chi connectivity index (χ4n) is 2.13. The van der Waals surface area contributed by atoms with Crippen molar-refractivity contribution in [3.8, 4) is 5.75 Å². The van der Waals surface area contributed by atoms with E-state index in [0.29, 0.717) is 12.4 Å². The van der Waals surface area contributed by atoms with Crippen LogP contribution in [0.3, 0.4) is 0 Å². The molecule has 0 aliphatic carbocycles. The van der Waals surface area contributed by atoms with Crippen molar-refractivity contribution < 1.29 is 9.53 Å². The fraction of sp³-hybridized carbons (Fsp3) is 0.316. The summed E-state index contributed by atoms with van der Waals surface area (Å²) >= 11 is 1.62. The molecule has 0 fully saturated rings. The van der Waals surface area contributed by atoms with Gasteiger partial charge in [0.25, 0.3) is 0 Å². The minimum Gasteiger partial charge on any atom is -0.491 e. The SMILES string of the molecule is Cc1ccccc1OC[C@@H](C)NC(=O)CSCc1ccccc1. The van der Waals surface area contributed by atoms with Crippen LogP contribution in [0.25, 0.3) is 0 Å². The minimum atomic E-state index is -0.0144. The summed E-state index contributed by atoms with van der Waals surface area (Å²) in [5.41, 5.74) is 2.34. The number of carbonyl (C=O) groups excluding carboxylic acids is 1. The van der Waals surface area contributed by atoms with E-state index >= 15 is 0 Å². The summed E-state index contributed by atoms with van der Waals surface area (Å²) in [4.78, 5) is 11.9. The Morgan fingerprint density at radius 2 is 1.83 bits per heavy atom. The smallest absolute Gasteiger partial charge is 0.230 e. The van der Waals surface area contributed by atoms with Crippen LogP contribution in [0.15, 0.2) is 54.6 Å². The second kappa shape index (κ2) is 9.26. The predicted molar refractivity (Wildman–Crippen MR) is 96.9 cm³/mol. The quantitative estimate of drug-likeness (QED) is 0.800. The fourth-order valence-corrected chi connectivity index (χ4v) is 2.93. The van der Waals surface area contributed by atoms with E-state index in [1.807, 2.05) is 56.3 Å². The summed E-state index contributed by atoms with van der Waals surface area (Å²) in [7, 11) is 0. The van der Waals surface area contributed by atoms with Gasteiger partial charge in [-0.1, -0.05) is 48.5 Å². The van der Waals surface area contributed by atoms with Crippen LogP contribution in [0.2, 0.25) is 0 Å². The van der Waals surface area contributed by atoms with Crippen molar-refractivity contribution in [1.82, 2.24) is 5.32 Å². The van der Waals surface area contributed by atoms with Crippen molar-refractivity contribution in [1.29, 1.82) is 0 Å². The summed E-state index contributed by atoms with van der Waals surface area (Å²) in [6.45, 7) is 4.44. The number of hydrogen-bond donors (Lipinski definition) is 1. The van der Waals surface area contributed by atoms with E-state index in [4.69, 9.17) is 4.74 Å². The zero-order chi connectivity index (χ0) is 16.5. The van der Waals surface area contributed by atoms with Gasteiger partial charge in [-0.15, -0.1) is 11.8 Å². The van der Waals surface area contributed by atoms with E-state index in [1.54, 1.807) is 11.8 Å². The second-order valence-corrected chi connectivity index (χ2v) is 6.51. The van der Waals surface area contributed by atoms with Gasteiger partial charge >= 0.3 is 0 Å². The van der Waals surface area contributed by atoms with Crippen molar-refractivity contribution in [2.75, 3.05) is 12.4 Å². The molecule has 3 nitrogen and oxygen atoms in total. The first-order valence-electron chi connectivity index (χ1n) is 7.74. The summed E-state index contributed by atoms with van der Waals surface area (Å²) in [6, 6.07) is 18.0. The maximum atomic E-state index is 11.9. The van der Waals surface area contributed by atoms with Gasteiger partial charge in [-0.3, -0.25) is 4.79 Å². The normalized spacial score (nSPS) is 11.7. The highest BCUT2D eigenvalue weighted by Crippen LogP contribution is 2.16. The van der Waals surface area contributed by atoms with Gasteiger partial charge in [-0.2, -0.15) is 0 Å². The first-order chi connectivity index (χ1) is 11.1. The molecule has 0 aliphatic rings. The molecule has 1 atom stereocenters. The molecule has 0 aromatic heterocycles. The highest BCUT2D eigenvalue weighted by Gasteiger charge is 2.09. The molecule has 0 aliphatic heterocycles. The number of benzene rings is 2. The lowest BCUT2D eigenvalue weighted by atomic mass is 10.2. The Hall–Kier alpha value is -1.94. The second-order valence-electron chi connectivity index (χ2n) is 5.52. The Kier molecular flexibility index (Phi) is 7.01. The Bertz CT molecular complexity index is 616. The molecule has 0 heterocycles. The predicted octanol–water partition coefficient (Wildman–Crippen LogP) is 3.81. The topological polar surface area (TPSA) is 38.3 Å². The van der Waals surface area contributed by atoms with Crippen LogP contribution in [-0.4, -0.2) is 24.3 Å². The zero-order valence-electron chi connectivity index (χ0n) is 13.6. The third-order valence-electron chi connectivity index (χ3n) is 3.33. The van der Waals surface area contributed by atoms with Crippen molar-refractivity contribution in [3.05, 3.63) is 65.7 Å². The zero-order valence-corrected chi connectivity index (χ0v) is 14.4. The van der Waals surface area contributed by atoms with Crippen LogP contribution in [0.4, 0.5) is 0 Å². The number of carbonyl (C=O) groups is 1. The molecular formula is C19H23NO2S. The van der Waals surface area contributed by atoms with Crippen molar-refractivity contribution in [2.45, 2.75) is 25.6 Å². The monoisotopic (exact) mass is 329 g/mol. The van der Waals surface area contributed by atoms with E-state index in [9.17, 15) is 4.79 Å². The number of ether oxygens (including phenoxy) is 1. The highest BCUT2D eigenvalue weighted by molar-refractivity contribution is 7.99. The molecule has 4 heteroatoms. The van der Waals surface area contributed by atoms with Gasteiger partial charge in [0.2, 0.25) is 5.91 Å². The third-order valence-corrected chi connectivity index (χ3v) is 4.34. The van der Waals surface area contributed by atoms with Gasteiger partial charge in [0.1, 0.15) is 12.4 Å². The molecule has 0 spiro atoms. The molecule has 23 heavy (non-hydrogen) atoms. The first kappa shape index (κ1) is 17.4. The summed E-state index contributed by atoms with van der Waals surface area (Å²) in [5.74, 6) is 2.23. The number of nitrogens with one attached hydrogen (secondary N) is 1. The van der Waals surface area contributed by atoms with Gasteiger partial charge in [0.15, 0.2) is 0 Å².